The maximum absolute atomic E-state index is 12.4. The predicted octanol–water partition coefficient (Wildman–Crippen LogP) is 3.77. The minimum absolute atomic E-state index is 0.0542. The fourth-order valence-electron chi connectivity index (χ4n) is 3.39. The number of benzene rings is 3. The van der Waals surface area contributed by atoms with Gasteiger partial charge >= 0.3 is 0 Å². The maximum Gasteiger partial charge on any atom is 0.245 e. The van der Waals surface area contributed by atoms with Crippen molar-refractivity contribution in [2.45, 2.75) is 13.0 Å². The average Bonchev–Trinajstić information content (AvgIpc) is 3.21. The molecule has 0 aliphatic carbocycles. The monoisotopic (exact) mass is 413 g/mol. The minimum atomic E-state index is -0.418. The SMILES string of the molecule is O=C(N/N=C\c1ccc(OCc2ccccc2)cc1)[C@H]1CC(=O)N(c2ccccc2)C1. The molecule has 31 heavy (non-hydrogen) atoms. The summed E-state index contributed by atoms with van der Waals surface area (Å²) in [7, 11) is 0. The van der Waals surface area contributed by atoms with Crippen LogP contribution in [-0.2, 0) is 16.2 Å². The molecular weight excluding hydrogens is 390 g/mol. The molecule has 6 nitrogen and oxygen atoms in total. The first-order valence-corrected chi connectivity index (χ1v) is 10.1. The molecule has 2 amide bonds. The number of rotatable bonds is 7. The van der Waals surface area contributed by atoms with Crippen molar-refractivity contribution in [1.29, 1.82) is 0 Å². The zero-order valence-electron chi connectivity index (χ0n) is 17.0. The van der Waals surface area contributed by atoms with E-state index < -0.39 is 5.92 Å². The lowest BCUT2D eigenvalue weighted by molar-refractivity contribution is -0.126. The van der Waals surface area contributed by atoms with E-state index in [4.69, 9.17) is 4.74 Å². The molecule has 1 fully saturated rings. The summed E-state index contributed by atoms with van der Waals surface area (Å²) in [6.07, 6.45) is 1.76. The van der Waals surface area contributed by atoms with Crippen molar-refractivity contribution in [2.24, 2.45) is 11.0 Å². The summed E-state index contributed by atoms with van der Waals surface area (Å²) < 4.78 is 5.76. The predicted molar refractivity (Wildman–Crippen MR) is 120 cm³/mol. The van der Waals surface area contributed by atoms with Crippen molar-refractivity contribution in [1.82, 2.24) is 5.43 Å². The normalized spacial score (nSPS) is 15.9. The molecule has 156 valence electrons. The second-order valence-corrected chi connectivity index (χ2v) is 7.32. The molecule has 0 bridgehead atoms. The van der Waals surface area contributed by atoms with Crippen LogP contribution < -0.4 is 15.1 Å². The second-order valence-electron chi connectivity index (χ2n) is 7.32. The Morgan fingerprint density at radius 2 is 1.68 bits per heavy atom. The summed E-state index contributed by atoms with van der Waals surface area (Å²) in [5, 5.41) is 4.04. The van der Waals surface area contributed by atoms with E-state index in [1.54, 1.807) is 11.1 Å². The van der Waals surface area contributed by atoms with Crippen LogP contribution in [0.3, 0.4) is 0 Å². The third kappa shape index (κ3) is 5.36. The fraction of sp³-hybridized carbons (Fsp3) is 0.160. The van der Waals surface area contributed by atoms with E-state index in [-0.39, 0.29) is 18.2 Å². The van der Waals surface area contributed by atoms with Crippen LogP contribution in [-0.4, -0.2) is 24.6 Å². The Kier molecular flexibility index (Phi) is 6.38. The molecule has 1 atom stereocenters. The molecule has 3 aromatic carbocycles. The van der Waals surface area contributed by atoms with Gasteiger partial charge in [-0.15, -0.1) is 0 Å². The van der Waals surface area contributed by atoms with E-state index in [1.807, 2.05) is 84.9 Å². The van der Waals surface area contributed by atoms with Gasteiger partial charge in [0.2, 0.25) is 11.8 Å². The lowest BCUT2D eigenvalue weighted by atomic mass is 10.1. The van der Waals surface area contributed by atoms with Crippen molar-refractivity contribution in [2.75, 3.05) is 11.4 Å². The van der Waals surface area contributed by atoms with Crippen molar-refractivity contribution in [3.63, 3.8) is 0 Å². The molecule has 1 saturated heterocycles. The molecule has 0 radical (unpaired) electrons. The van der Waals surface area contributed by atoms with Crippen molar-refractivity contribution in [3.8, 4) is 5.75 Å². The van der Waals surface area contributed by atoms with Crippen LogP contribution in [0.15, 0.2) is 90.0 Å². The number of carbonyl (C=O) groups is 2. The fourth-order valence-corrected chi connectivity index (χ4v) is 3.39. The highest BCUT2D eigenvalue weighted by atomic mass is 16.5. The molecule has 4 rings (SSSR count). The van der Waals surface area contributed by atoms with E-state index in [1.165, 1.54) is 0 Å². The highest BCUT2D eigenvalue weighted by molar-refractivity contribution is 6.00. The van der Waals surface area contributed by atoms with Crippen LogP contribution in [0.2, 0.25) is 0 Å². The average molecular weight is 413 g/mol. The van der Waals surface area contributed by atoms with Gasteiger partial charge in [-0.2, -0.15) is 5.10 Å². The van der Waals surface area contributed by atoms with E-state index in [9.17, 15) is 9.59 Å². The number of amides is 2. The smallest absolute Gasteiger partial charge is 0.245 e. The quantitative estimate of drug-likeness (QED) is 0.473. The number of hydrogen-bond donors (Lipinski definition) is 1. The Balaban J connectivity index is 1.26. The Morgan fingerprint density at radius 3 is 2.39 bits per heavy atom. The van der Waals surface area contributed by atoms with E-state index in [0.29, 0.717) is 13.2 Å². The first kappa shape index (κ1) is 20.3. The van der Waals surface area contributed by atoms with E-state index in [0.717, 1.165) is 22.6 Å². The molecular formula is C25H23N3O3. The van der Waals surface area contributed by atoms with Gasteiger partial charge in [0.15, 0.2) is 0 Å². The Bertz CT molecular complexity index is 1050. The number of carbonyl (C=O) groups excluding carboxylic acids is 2. The van der Waals surface area contributed by atoms with Crippen molar-refractivity contribution < 1.29 is 14.3 Å². The van der Waals surface area contributed by atoms with E-state index >= 15 is 0 Å². The van der Waals surface area contributed by atoms with Gasteiger partial charge in [0, 0.05) is 18.7 Å². The first-order valence-electron chi connectivity index (χ1n) is 10.1. The summed E-state index contributed by atoms with van der Waals surface area (Å²) in [6, 6.07) is 26.8. The molecule has 6 heteroatoms. The largest absolute Gasteiger partial charge is 0.489 e. The number of anilines is 1. The zero-order chi connectivity index (χ0) is 21.5. The summed E-state index contributed by atoms with van der Waals surface area (Å²) >= 11 is 0. The maximum atomic E-state index is 12.4. The van der Waals surface area contributed by atoms with Crippen LogP contribution in [0.25, 0.3) is 0 Å². The molecule has 0 saturated carbocycles. The summed E-state index contributed by atoms with van der Waals surface area (Å²) in [5.74, 6) is 0.0291. The van der Waals surface area contributed by atoms with Crippen LogP contribution in [0.1, 0.15) is 17.5 Å². The van der Waals surface area contributed by atoms with Crippen molar-refractivity contribution >= 4 is 23.7 Å². The van der Waals surface area contributed by atoms with Gasteiger partial charge < -0.3 is 9.64 Å². The number of hydrazone groups is 1. The minimum Gasteiger partial charge on any atom is -0.489 e. The number of hydrogen-bond acceptors (Lipinski definition) is 4. The molecule has 0 unspecified atom stereocenters. The molecule has 1 aliphatic heterocycles. The molecule has 1 heterocycles. The van der Waals surface area contributed by atoms with Crippen LogP contribution in [0.5, 0.6) is 5.75 Å². The molecule has 1 N–H and O–H groups in total. The molecule has 1 aliphatic rings. The molecule has 0 spiro atoms. The third-order valence-electron chi connectivity index (χ3n) is 5.08. The van der Waals surface area contributed by atoms with Crippen LogP contribution >= 0.6 is 0 Å². The van der Waals surface area contributed by atoms with Crippen LogP contribution in [0, 0.1) is 5.92 Å². The first-order chi connectivity index (χ1) is 15.2. The number of nitrogens with one attached hydrogen (secondary N) is 1. The van der Waals surface area contributed by atoms with Gasteiger partial charge in [0.05, 0.1) is 12.1 Å². The van der Waals surface area contributed by atoms with Gasteiger partial charge in [0.25, 0.3) is 0 Å². The summed E-state index contributed by atoms with van der Waals surface area (Å²) in [4.78, 5) is 26.3. The zero-order valence-corrected chi connectivity index (χ0v) is 17.0. The molecule has 0 aromatic heterocycles. The Hall–Kier alpha value is -3.93. The molecule has 3 aromatic rings. The third-order valence-corrected chi connectivity index (χ3v) is 5.08. The number of ether oxygens (including phenoxy) is 1. The Labute approximate surface area is 181 Å². The number of nitrogens with zero attached hydrogens (tertiary/aromatic N) is 2. The number of para-hydroxylation sites is 1. The lowest BCUT2D eigenvalue weighted by Crippen LogP contribution is -2.30. The van der Waals surface area contributed by atoms with Crippen LogP contribution in [0.4, 0.5) is 5.69 Å². The highest BCUT2D eigenvalue weighted by Crippen LogP contribution is 2.24. The van der Waals surface area contributed by atoms with Gasteiger partial charge in [-0.3, -0.25) is 9.59 Å². The van der Waals surface area contributed by atoms with Crippen molar-refractivity contribution in [3.05, 3.63) is 96.1 Å². The highest BCUT2D eigenvalue weighted by Gasteiger charge is 2.34. The standard InChI is InChI=1S/C25H23N3O3/c29-24-15-21(17-28(24)22-9-5-2-6-10-22)25(30)27-26-16-19-11-13-23(14-12-19)31-18-20-7-3-1-4-8-20/h1-14,16,21H,15,17-18H2,(H,27,30)/b26-16-/t21-/m0/s1. The van der Waals surface area contributed by atoms with Gasteiger partial charge in [-0.05, 0) is 47.5 Å². The van der Waals surface area contributed by atoms with Gasteiger partial charge in [-0.1, -0.05) is 48.5 Å². The second kappa shape index (κ2) is 9.71. The topological polar surface area (TPSA) is 71.0 Å². The summed E-state index contributed by atoms with van der Waals surface area (Å²) in [5.41, 5.74) is 5.29. The van der Waals surface area contributed by atoms with E-state index in [2.05, 4.69) is 10.5 Å². The van der Waals surface area contributed by atoms with Gasteiger partial charge in [-0.25, -0.2) is 5.43 Å². The lowest BCUT2D eigenvalue weighted by Gasteiger charge is -2.16. The Morgan fingerprint density at radius 1 is 1.00 bits per heavy atom. The van der Waals surface area contributed by atoms with Gasteiger partial charge in [0.1, 0.15) is 12.4 Å². The summed E-state index contributed by atoms with van der Waals surface area (Å²) in [6.45, 7) is 0.863.